The summed E-state index contributed by atoms with van der Waals surface area (Å²) in [5.74, 6) is 0.941. The molecule has 0 aliphatic carbocycles. The predicted octanol–water partition coefficient (Wildman–Crippen LogP) is 2.94. The van der Waals surface area contributed by atoms with Gasteiger partial charge in [-0.05, 0) is 36.8 Å². The zero-order chi connectivity index (χ0) is 20.4. The molecule has 2 aliphatic heterocycles. The number of hydrogen-bond donors (Lipinski definition) is 1. The van der Waals surface area contributed by atoms with Crippen molar-refractivity contribution >= 4 is 23.2 Å². The van der Waals surface area contributed by atoms with Crippen molar-refractivity contribution in [2.24, 2.45) is 0 Å². The molecule has 2 heterocycles. The van der Waals surface area contributed by atoms with Gasteiger partial charge in [0.1, 0.15) is 18.1 Å². The summed E-state index contributed by atoms with van der Waals surface area (Å²) >= 11 is 0. The first-order valence-electron chi connectivity index (χ1n) is 9.54. The van der Waals surface area contributed by atoms with E-state index in [4.69, 9.17) is 9.47 Å². The van der Waals surface area contributed by atoms with E-state index in [0.717, 1.165) is 17.8 Å². The molecule has 0 fully saturated rings. The highest BCUT2D eigenvalue weighted by Crippen LogP contribution is 2.39. The molecule has 0 spiro atoms. The molecule has 2 aliphatic rings. The fourth-order valence-electron chi connectivity index (χ4n) is 3.62. The maximum Gasteiger partial charge on any atom is 0.257 e. The highest BCUT2D eigenvalue weighted by Gasteiger charge is 2.24. The molecule has 0 unspecified atom stereocenters. The molecule has 0 aromatic heterocycles. The molecular weight excluding hydrogens is 370 g/mol. The van der Waals surface area contributed by atoms with Crippen LogP contribution in [0.2, 0.25) is 0 Å². The topological polar surface area (TPSA) is 71.1 Å². The quantitative estimate of drug-likeness (QED) is 0.865. The normalized spacial score (nSPS) is 15.0. The van der Waals surface area contributed by atoms with Crippen LogP contribution in [0.25, 0.3) is 0 Å². The van der Waals surface area contributed by atoms with Crippen LogP contribution in [0.3, 0.4) is 0 Å². The van der Waals surface area contributed by atoms with E-state index in [-0.39, 0.29) is 11.8 Å². The number of carbonyl (C=O) groups is 2. The SMILES string of the molecule is CNC(=O)c1ccc(N2CCOc3cc(C(=O)N4C=CCC4)ccc32)cc1OC. The van der Waals surface area contributed by atoms with Gasteiger partial charge in [-0.2, -0.15) is 0 Å². The second-order valence-electron chi connectivity index (χ2n) is 6.82. The Morgan fingerprint density at radius 3 is 2.72 bits per heavy atom. The first-order chi connectivity index (χ1) is 14.1. The summed E-state index contributed by atoms with van der Waals surface area (Å²) in [6.45, 7) is 1.85. The Morgan fingerprint density at radius 2 is 2.00 bits per heavy atom. The third-order valence-corrected chi connectivity index (χ3v) is 5.12. The van der Waals surface area contributed by atoms with E-state index < -0.39 is 0 Å². The molecule has 2 aromatic rings. The number of hydrogen-bond acceptors (Lipinski definition) is 5. The van der Waals surface area contributed by atoms with Gasteiger partial charge in [-0.15, -0.1) is 0 Å². The van der Waals surface area contributed by atoms with Gasteiger partial charge in [0.05, 0.1) is 24.9 Å². The maximum atomic E-state index is 12.6. The number of rotatable bonds is 4. The zero-order valence-corrected chi connectivity index (χ0v) is 16.5. The van der Waals surface area contributed by atoms with Crippen molar-refractivity contribution in [3.8, 4) is 11.5 Å². The summed E-state index contributed by atoms with van der Waals surface area (Å²) in [6.07, 6.45) is 4.70. The van der Waals surface area contributed by atoms with Gasteiger partial charge >= 0.3 is 0 Å². The van der Waals surface area contributed by atoms with E-state index in [1.807, 2.05) is 36.5 Å². The molecule has 2 amide bonds. The van der Waals surface area contributed by atoms with Gasteiger partial charge in [0.2, 0.25) is 0 Å². The molecule has 29 heavy (non-hydrogen) atoms. The zero-order valence-electron chi connectivity index (χ0n) is 16.5. The van der Waals surface area contributed by atoms with E-state index in [0.29, 0.717) is 42.3 Å². The van der Waals surface area contributed by atoms with Crippen LogP contribution in [-0.2, 0) is 0 Å². The number of fused-ring (bicyclic) bond motifs is 1. The minimum Gasteiger partial charge on any atom is -0.496 e. The van der Waals surface area contributed by atoms with Crippen molar-refractivity contribution in [3.63, 3.8) is 0 Å². The minimum absolute atomic E-state index is 0.0288. The van der Waals surface area contributed by atoms with Gasteiger partial charge in [0, 0.05) is 37.1 Å². The van der Waals surface area contributed by atoms with Crippen LogP contribution in [0.15, 0.2) is 48.7 Å². The van der Waals surface area contributed by atoms with Crippen molar-refractivity contribution in [2.75, 3.05) is 38.8 Å². The standard InChI is InChI=1S/C22H23N3O4/c1-23-21(26)17-7-6-16(14-19(17)28-2)25-11-12-29-20-13-15(5-8-18(20)25)22(27)24-9-3-4-10-24/h3,5-9,13-14H,4,10-12H2,1-2H3,(H,23,26). The Balaban J connectivity index is 1.65. The lowest BCUT2D eigenvalue weighted by atomic mass is 10.1. The lowest BCUT2D eigenvalue weighted by Gasteiger charge is -2.32. The van der Waals surface area contributed by atoms with E-state index in [9.17, 15) is 9.59 Å². The Hall–Kier alpha value is -3.48. The predicted molar refractivity (Wildman–Crippen MR) is 110 cm³/mol. The molecule has 7 nitrogen and oxygen atoms in total. The molecule has 0 saturated carbocycles. The number of anilines is 2. The first-order valence-corrected chi connectivity index (χ1v) is 9.54. The lowest BCUT2D eigenvalue weighted by Crippen LogP contribution is -2.29. The van der Waals surface area contributed by atoms with Gasteiger partial charge in [-0.3, -0.25) is 9.59 Å². The summed E-state index contributed by atoms with van der Waals surface area (Å²) < 4.78 is 11.3. The smallest absolute Gasteiger partial charge is 0.257 e. The second kappa shape index (κ2) is 7.87. The van der Waals surface area contributed by atoms with Crippen LogP contribution < -0.4 is 19.7 Å². The Bertz CT molecular complexity index is 986. The molecule has 0 bridgehead atoms. The molecule has 2 aromatic carbocycles. The van der Waals surface area contributed by atoms with E-state index in [1.54, 1.807) is 31.2 Å². The monoisotopic (exact) mass is 393 g/mol. The number of amides is 2. The Morgan fingerprint density at radius 1 is 1.14 bits per heavy atom. The number of nitrogens with one attached hydrogen (secondary N) is 1. The molecule has 0 radical (unpaired) electrons. The lowest BCUT2D eigenvalue weighted by molar-refractivity contribution is 0.0832. The summed E-state index contributed by atoms with van der Waals surface area (Å²) in [5.41, 5.74) is 2.84. The van der Waals surface area contributed by atoms with Crippen molar-refractivity contribution in [1.29, 1.82) is 0 Å². The Kier molecular flexibility index (Phi) is 5.12. The molecule has 4 rings (SSSR count). The fraction of sp³-hybridized carbons (Fsp3) is 0.273. The number of nitrogens with zero attached hydrogens (tertiary/aromatic N) is 2. The van der Waals surface area contributed by atoms with Crippen LogP contribution in [0, 0.1) is 0 Å². The van der Waals surface area contributed by atoms with Crippen LogP contribution in [0.4, 0.5) is 11.4 Å². The highest BCUT2D eigenvalue weighted by molar-refractivity contribution is 5.98. The molecule has 0 atom stereocenters. The average Bonchev–Trinajstić information content (AvgIpc) is 3.31. The van der Waals surface area contributed by atoms with Crippen LogP contribution in [-0.4, -0.2) is 50.6 Å². The summed E-state index contributed by atoms with van der Waals surface area (Å²) in [5, 5.41) is 2.62. The summed E-state index contributed by atoms with van der Waals surface area (Å²) in [6, 6.07) is 11.0. The van der Waals surface area contributed by atoms with Gasteiger partial charge < -0.3 is 24.6 Å². The Labute approximate surface area is 169 Å². The van der Waals surface area contributed by atoms with Gasteiger partial charge in [0.25, 0.3) is 11.8 Å². The van der Waals surface area contributed by atoms with E-state index in [2.05, 4.69) is 10.2 Å². The minimum atomic E-state index is -0.199. The number of ether oxygens (including phenoxy) is 2. The van der Waals surface area contributed by atoms with Gasteiger partial charge in [-0.25, -0.2) is 0 Å². The number of carbonyl (C=O) groups excluding carboxylic acids is 2. The van der Waals surface area contributed by atoms with Crippen molar-refractivity contribution in [1.82, 2.24) is 10.2 Å². The summed E-state index contributed by atoms with van der Waals surface area (Å²) in [4.78, 5) is 28.5. The van der Waals surface area contributed by atoms with Crippen LogP contribution >= 0.6 is 0 Å². The van der Waals surface area contributed by atoms with E-state index >= 15 is 0 Å². The largest absolute Gasteiger partial charge is 0.496 e. The molecule has 7 heteroatoms. The second-order valence-corrected chi connectivity index (χ2v) is 6.82. The maximum absolute atomic E-state index is 12.6. The first kappa shape index (κ1) is 18.9. The third kappa shape index (κ3) is 3.51. The summed E-state index contributed by atoms with van der Waals surface area (Å²) in [7, 11) is 3.13. The van der Waals surface area contributed by atoms with Crippen molar-refractivity contribution in [2.45, 2.75) is 6.42 Å². The van der Waals surface area contributed by atoms with Gasteiger partial charge in [-0.1, -0.05) is 6.08 Å². The fourth-order valence-corrected chi connectivity index (χ4v) is 3.62. The van der Waals surface area contributed by atoms with E-state index in [1.165, 1.54) is 0 Å². The number of benzene rings is 2. The number of methoxy groups -OCH3 is 1. The molecule has 0 saturated heterocycles. The average molecular weight is 393 g/mol. The van der Waals surface area contributed by atoms with Crippen LogP contribution in [0.5, 0.6) is 11.5 Å². The third-order valence-electron chi connectivity index (χ3n) is 5.12. The van der Waals surface area contributed by atoms with Crippen molar-refractivity contribution in [3.05, 3.63) is 59.8 Å². The highest BCUT2D eigenvalue weighted by atomic mass is 16.5. The molecular formula is C22H23N3O4. The van der Waals surface area contributed by atoms with Gasteiger partial charge in [0.15, 0.2) is 0 Å². The van der Waals surface area contributed by atoms with Crippen molar-refractivity contribution < 1.29 is 19.1 Å². The van der Waals surface area contributed by atoms with Crippen LogP contribution in [0.1, 0.15) is 27.1 Å². The molecule has 150 valence electrons. The molecule has 1 N–H and O–H groups in total.